The fourth-order valence-corrected chi connectivity index (χ4v) is 3.37. The number of piperidine rings is 1. The number of aromatic amines is 1. The monoisotopic (exact) mass is 363 g/mol. The molecule has 0 bridgehead atoms. The number of benzene rings is 1. The molecule has 25 heavy (non-hydrogen) atoms. The third-order valence-corrected chi connectivity index (χ3v) is 4.75. The van der Waals surface area contributed by atoms with Crippen LogP contribution in [0.25, 0.3) is 10.9 Å². The van der Waals surface area contributed by atoms with Crippen LogP contribution in [0, 0.1) is 0 Å². The number of ether oxygens (including phenoxy) is 1. The van der Waals surface area contributed by atoms with Crippen molar-refractivity contribution in [3.63, 3.8) is 0 Å². The van der Waals surface area contributed by atoms with Gasteiger partial charge in [-0.3, -0.25) is 4.79 Å². The van der Waals surface area contributed by atoms with E-state index in [1.54, 1.807) is 18.2 Å². The smallest absolute Gasteiger partial charge is 0.356 e. The van der Waals surface area contributed by atoms with E-state index in [1.807, 2.05) is 0 Å². The summed E-state index contributed by atoms with van der Waals surface area (Å²) in [4.78, 5) is 29.7. The van der Waals surface area contributed by atoms with E-state index in [1.165, 1.54) is 26.4 Å². The molecule has 0 aliphatic carbocycles. The average molecular weight is 364 g/mol. The molecule has 0 spiro atoms. The van der Waals surface area contributed by atoms with Crippen LogP contribution in [0.3, 0.4) is 0 Å². The Morgan fingerprint density at radius 3 is 2.76 bits per heavy atom. The summed E-state index contributed by atoms with van der Waals surface area (Å²) < 4.78 is 4.81. The number of carbonyl (C=O) groups is 2. The minimum atomic E-state index is -0.529. The SMILES string of the molecule is COC(=O)c1[nH]c2ccc(Cl)cc2c1NC(=O)CCN1CCCCC1. The average Bonchev–Trinajstić information content (AvgIpc) is 2.98. The molecule has 1 fully saturated rings. The zero-order chi connectivity index (χ0) is 17.8. The molecule has 6 nitrogen and oxygen atoms in total. The number of hydrogen-bond donors (Lipinski definition) is 2. The maximum absolute atomic E-state index is 12.4. The van der Waals surface area contributed by atoms with E-state index in [9.17, 15) is 9.59 Å². The van der Waals surface area contributed by atoms with E-state index >= 15 is 0 Å². The van der Waals surface area contributed by atoms with Crippen LogP contribution in [0.15, 0.2) is 18.2 Å². The van der Waals surface area contributed by atoms with Crippen molar-refractivity contribution in [3.8, 4) is 0 Å². The van der Waals surface area contributed by atoms with Crippen molar-refractivity contribution in [2.24, 2.45) is 0 Å². The Bertz CT molecular complexity index is 781. The van der Waals surface area contributed by atoms with Crippen LogP contribution < -0.4 is 5.32 Å². The quantitative estimate of drug-likeness (QED) is 0.798. The molecule has 2 aromatic rings. The molecular weight excluding hydrogens is 342 g/mol. The Morgan fingerprint density at radius 1 is 1.28 bits per heavy atom. The van der Waals surface area contributed by atoms with E-state index in [0.29, 0.717) is 22.5 Å². The minimum absolute atomic E-state index is 0.128. The van der Waals surface area contributed by atoms with Gasteiger partial charge in [0, 0.05) is 28.9 Å². The number of H-pyrrole nitrogens is 1. The fourth-order valence-electron chi connectivity index (χ4n) is 3.19. The summed E-state index contributed by atoms with van der Waals surface area (Å²) in [5.41, 5.74) is 1.37. The van der Waals surface area contributed by atoms with E-state index in [-0.39, 0.29) is 11.6 Å². The second-order valence-electron chi connectivity index (χ2n) is 6.26. The first-order valence-electron chi connectivity index (χ1n) is 8.50. The zero-order valence-corrected chi connectivity index (χ0v) is 15.0. The van der Waals surface area contributed by atoms with Crippen LogP contribution in [0.2, 0.25) is 5.02 Å². The lowest BCUT2D eigenvalue weighted by molar-refractivity contribution is -0.116. The van der Waals surface area contributed by atoms with Crippen LogP contribution in [0.4, 0.5) is 5.69 Å². The fraction of sp³-hybridized carbons (Fsp3) is 0.444. The number of likely N-dealkylation sites (tertiary alicyclic amines) is 1. The Balaban J connectivity index is 1.77. The number of esters is 1. The number of fused-ring (bicyclic) bond motifs is 1. The number of rotatable bonds is 5. The maximum Gasteiger partial charge on any atom is 0.356 e. The third kappa shape index (κ3) is 4.14. The van der Waals surface area contributed by atoms with Crippen molar-refractivity contribution < 1.29 is 14.3 Å². The van der Waals surface area contributed by atoms with Crippen LogP contribution in [-0.2, 0) is 9.53 Å². The van der Waals surface area contributed by atoms with Crippen LogP contribution in [0.1, 0.15) is 36.2 Å². The van der Waals surface area contributed by atoms with Crippen molar-refractivity contribution in [3.05, 3.63) is 28.9 Å². The molecule has 2 N–H and O–H groups in total. The maximum atomic E-state index is 12.4. The summed E-state index contributed by atoms with van der Waals surface area (Å²) in [5, 5.41) is 4.09. The third-order valence-electron chi connectivity index (χ3n) is 4.52. The van der Waals surface area contributed by atoms with Gasteiger partial charge < -0.3 is 19.9 Å². The molecule has 0 atom stereocenters. The molecule has 0 radical (unpaired) electrons. The molecule has 134 valence electrons. The topological polar surface area (TPSA) is 74.4 Å². The number of amides is 1. The molecule has 0 saturated carbocycles. The highest BCUT2D eigenvalue weighted by atomic mass is 35.5. The van der Waals surface area contributed by atoms with Gasteiger partial charge in [0.15, 0.2) is 0 Å². The number of nitrogens with one attached hydrogen (secondary N) is 2. The molecule has 2 heterocycles. The second kappa shape index (κ2) is 7.89. The lowest BCUT2D eigenvalue weighted by Crippen LogP contribution is -2.32. The zero-order valence-electron chi connectivity index (χ0n) is 14.2. The van der Waals surface area contributed by atoms with Crippen molar-refractivity contribution >= 4 is 40.1 Å². The van der Waals surface area contributed by atoms with Gasteiger partial charge in [-0.25, -0.2) is 4.79 Å². The van der Waals surface area contributed by atoms with Gasteiger partial charge in [0.25, 0.3) is 0 Å². The number of anilines is 1. The predicted molar refractivity (Wildman–Crippen MR) is 98.2 cm³/mol. The highest BCUT2D eigenvalue weighted by Crippen LogP contribution is 2.30. The van der Waals surface area contributed by atoms with Gasteiger partial charge in [-0.2, -0.15) is 0 Å². The Hall–Kier alpha value is -2.05. The van der Waals surface area contributed by atoms with Gasteiger partial charge in [-0.05, 0) is 44.1 Å². The number of carbonyl (C=O) groups excluding carboxylic acids is 2. The van der Waals surface area contributed by atoms with Gasteiger partial charge >= 0.3 is 5.97 Å². The number of nitrogens with zero attached hydrogens (tertiary/aromatic N) is 1. The van der Waals surface area contributed by atoms with Gasteiger partial charge in [-0.15, -0.1) is 0 Å². The van der Waals surface area contributed by atoms with E-state index in [4.69, 9.17) is 16.3 Å². The summed E-state index contributed by atoms with van der Waals surface area (Å²) in [6.45, 7) is 2.81. The number of hydrogen-bond acceptors (Lipinski definition) is 4. The minimum Gasteiger partial charge on any atom is -0.464 e. The van der Waals surface area contributed by atoms with Crippen LogP contribution in [-0.4, -0.2) is 48.5 Å². The highest BCUT2D eigenvalue weighted by molar-refractivity contribution is 6.31. The first-order valence-corrected chi connectivity index (χ1v) is 8.88. The molecule has 1 aliphatic rings. The van der Waals surface area contributed by atoms with Crippen molar-refractivity contribution in [1.29, 1.82) is 0 Å². The Kier molecular flexibility index (Phi) is 5.60. The Labute approximate surface area is 151 Å². The first-order chi connectivity index (χ1) is 12.1. The van der Waals surface area contributed by atoms with Gasteiger partial charge in [-0.1, -0.05) is 18.0 Å². The van der Waals surface area contributed by atoms with Crippen LogP contribution in [0.5, 0.6) is 0 Å². The van der Waals surface area contributed by atoms with Crippen LogP contribution >= 0.6 is 11.6 Å². The summed E-state index contributed by atoms with van der Waals surface area (Å²) in [7, 11) is 1.31. The number of halogens is 1. The molecule has 1 aromatic carbocycles. The largest absolute Gasteiger partial charge is 0.464 e. The highest BCUT2D eigenvalue weighted by Gasteiger charge is 2.21. The summed E-state index contributed by atoms with van der Waals surface area (Å²) in [6.07, 6.45) is 4.03. The normalized spacial score (nSPS) is 15.3. The number of aromatic nitrogens is 1. The van der Waals surface area contributed by atoms with Gasteiger partial charge in [0.1, 0.15) is 5.69 Å². The van der Waals surface area contributed by atoms with Gasteiger partial charge in [0.2, 0.25) is 5.91 Å². The standard InChI is InChI=1S/C18H22ClN3O3/c1-25-18(24)17-16(13-11-12(19)5-6-14(13)20-17)21-15(23)7-10-22-8-3-2-4-9-22/h5-6,11,20H,2-4,7-10H2,1H3,(H,21,23). The molecule has 7 heteroatoms. The van der Waals surface area contributed by atoms with E-state index < -0.39 is 5.97 Å². The molecule has 1 saturated heterocycles. The molecule has 1 aromatic heterocycles. The predicted octanol–water partition coefficient (Wildman–Crippen LogP) is 3.42. The van der Waals surface area contributed by atoms with E-state index in [0.717, 1.165) is 25.2 Å². The summed E-state index contributed by atoms with van der Waals surface area (Å²) >= 11 is 6.06. The van der Waals surface area contributed by atoms with Gasteiger partial charge in [0.05, 0.1) is 12.8 Å². The second-order valence-corrected chi connectivity index (χ2v) is 6.69. The molecule has 1 amide bonds. The number of methoxy groups -OCH3 is 1. The molecule has 0 unspecified atom stereocenters. The first kappa shape index (κ1) is 17.8. The summed E-state index contributed by atoms with van der Waals surface area (Å²) in [6, 6.07) is 5.22. The molecular formula is C18H22ClN3O3. The van der Waals surface area contributed by atoms with Crippen molar-refractivity contribution in [2.45, 2.75) is 25.7 Å². The summed E-state index contributed by atoms with van der Waals surface area (Å²) in [5.74, 6) is -0.657. The lowest BCUT2D eigenvalue weighted by atomic mass is 10.1. The molecule has 3 rings (SSSR count). The van der Waals surface area contributed by atoms with E-state index in [2.05, 4.69) is 15.2 Å². The van der Waals surface area contributed by atoms with Crippen molar-refractivity contribution in [2.75, 3.05) is 32.1 Å². The van der Waals surface area contributed by atoms with Crippen molar-refractivity contribution in [1.82, 2.24) is 9.88 Å². The molecule has 1 aliphatic heterocycles. The Morgan fingerprint density at radius 2 is 2.04 bits per heavy atom. The lowest BCUT2D eigenvalue weighted by Gasteiger charge is -2.25.